The molecule has 2 aromatic carbocycles. The molecule has 0 unspecified atom stereocenters. The molecule has 0 aliphatic carbocycles. The summed E-state index contributed by atoms with van der Waals surface area (Å²) >= 11 is 0. The van der Waals surface area contributed by atoms with Crippen molar-refractivity contribution in [1.82, 2.24) is 0 Å². The molecule has 0 N–H and O–H groups in total. The van der Waals surface area contributed by atoms with Crippen LogP contribution in [0, 0.1) is 0 Å². The molecule has 11 heteroatoms. The van der Waals surface area contributed by atoms with Gasteiger partial charge < -0.3 is 23.7 Å². The first-order valence-electron chi connectivity index (χ1n) is 10.3. The fourth-order valence-electron chi connectivity index (χ4n) is 3.50. The number of hydrogen-bond acceptors (Lipinski definition) is 10. The molecule has 0 spiro atoms. The molecule has 2 aromatic rings. The third-order valence-corrected chi connectivity index (χ3v) is 5.59. The summed E-state index contributed by atoms with van der Waals surface area (Å²) in [4.78, 5) is 25.2. The second-order valence-electron chi connectivity index (χ2n) is 7.44. The summed E-state index contributed by atoms with van der Waals surface area (Å²) in [6.07, 6.45) is -5.01. The predicted octanol–water partition coefficient (Wildman–Crippen LogP) is 1.80. The molecular formula is C23H26O10S. The first kappa shape index (κ1) is 25.8. The Labute approximate surface area is 197 Å². The van der Waals surface area contributed by atoms with Crippen LogP contribution in [-0.4, -0.2) is 78.1 Å². The van der Waals surface area contributed by atoms with E-state index in [-0.39, 0.29) is 12.2 Å². The summed E-state index contributed by atoms with van der Waals surface area (Å²) in [5.41, 5.74) is 0.577. The highest BCUT2D eigenvalue weighted by atomic mass is 32.2. The van der Waals surface area contributed by atoms with Crippen LogP contribution in [-0.2, 0) is 38.0 Å². The van der Waals surface area contributed by atoms with E-state index in [9.17, 15) is 18.0 Å². The van der Waals surface area contributed by atoms with Gasteiger partial charge in [0.15, 0.2) is 18.5 Å². The molecule has 5 atom stereocenters. The van der Waals surface area contributed by atoms with Crippen LogP contribution < -0.4 is 0 Å². The number of benzene rings is 2. The number of esters is 2. The minimum Gasteiger partial charge on any atom is -0.459 e. The largest absolute Gasteiger partial charge is 0.459 e. The van der Waals surface area contributed by atoms with Crippen LogP contribution in [0.3, 0.4) is 0 Å². The van der Waals surface area contributed by atoms with Crippen molar-refractivity contribution in [3.05, 3.63) is 71.8 Å². The number of ether oxygens (including phenoxy) is 5. The molecule has 3 rings (SSSR count). The summed E-state index contributed by atoms with van der Waals surface area (Å²) in [6.45, 7) is -0.328. The normalized spacial score (nSPS) is 24.9. The Hall–Kier alpha value is -2.83. The topological polar surface area (TPSA) is 124 Å². The van der Waals surface area contributed by atoms with E-state index < -0.39 is 52.8 Å². The predicted molar refractivity (Wildman–Crippen MR) is 119 cm³/mol. The summed E-state index contributed by atoms with van der Waals surface area (Å²) in [5.74, 6) is -1.32. The van der Waals surface area contributed by atoms with Gasteiger partial charge in [-0.3, -0.25) is 4.18 Å². The van der Waals surface area contributed by atoms with Crippen LogP contribution >= 0.6 is 0 Å². The fraction of sp³-hybridized carbons (Fsp3) is 0.391. The third kappa shape index (κ3) is 6.61. The van der Waals surface area contributed by atoms with E-state index in [1.165, 1.54) is 14.2 Å². The molecule has 0 radical (unpaired) electrons. The highest BCUT2D eigenvalue weighted by molar-refractivity contribution is 7.86. The van der Waals surface area contributed by atoms with Crippen molar-refractivity contribution in [3.8, 4) is 0 Å². The van der Waals surface area contributed by atoms with Crippen molar-refractivity contribution in [2.24, 2.45) is 0 Å². The van der Waals surface area contributed by atoms with Gasteiger partial charge in [0.05, 0.1) is 17.4 Å². The van der Waals surface area contributed by atoms with Gasteiger partial charge in [-0.25, -0.2) is 9.59 Å². The van der Waals surface area contributed by atoms with Gasteiger partial charge in [-0.1, -0.05) is 36.4 Å². The Morgan fingerprint density at radius 1 is 0.824 bits per heavy atom. The Bertz CT molecular complexity index is 1060. The smallest absolute Gasteiger partial charge is 0.338 e. The van der Waals surface area contributed by atoms with Gasteiger partial charge in [0.2, 0.25) is 0 Å². The van der Waals surface area contributed by atoms with Crippen LogP contribution in [0.1, 0.15) is 20.7 Å². The number of rotatable bonds is 9. The maximum atomic E-state index is 12.8. The Morgan fingerprint density at radius 3 is 1.88 bits per heavy atom. The van der Waals surface area contributed by atoms with E-state index in [4.69, 9.17) is 27.9 Å². The SMILES string of the molecule is CO[C@@H]1O[C@H](COC(=O)c2ccccc2)[C@H](OC(=O)c2ccccc2)[C@H](OC)[C@H]1OS(C)(=O)=O. The lowest BCUT2D eigenvalue weighted by Gasteiger charge is -2.43. The molecule has 34 heavy (non-hydrogen) atoms. The van der Waals surface area contributed by atoms with Crippen molar-refractivity contribution < 1.29 is 45.9 Å². The molecule has 1 saturated heterocycles. The standard InChI is InChI=1S/C23H26O10S/c1-28-19-18(32-22(25)16-12-8-5-9-13-16)17(14-30-21(24)15-10-6-4-7-11-15)31-23(29-2)20(19)33-34(3,26)27/h4-13,17-20,23H,14H2,1-3H3/t17-,18+,19+,20-,23-/m1/s1. The second kappa shape index (κ2) is 11.5. The molecule has 1 aliphatic heterocycles. The van der Waals surface area contributed by atoms with E-state index >= 15 is 0 Å². The van der Waals surface area contributed by atoms with Crippen LogP contribution in [0.4, 0.5) is 0 Å². The van der Waals surface area contributed by atoms with E-state index in [1.54, 1.807) is 60.7 Å². The van der Waals surface area contributed by atoms with Crippen LogP contribution in [0.25, 0.3) is 0 Å². The number of carbonyl (C=O) groups excluding carboxylic acids is 2. The van der Waals surface area contributed by atoms with E-state index in [0.29, 0.717) is 5.56 Å². The highest BCUT2D eigenvalue weighted by Crippen LogP contribution is 2.30. The minimum atomic E-state index is -3.96. The minimum absolute atomic E-state index is 0.256. The average molecular weight is 495 g/mol. The van der Waals surface area contributed by atoms with Crippen molar-refractivity contribution >= 4 is 22.1 Å². The van der Waals surface area contributed by atoms with Crippen molar-refractivity contribution in [2.75, 3.05) is 27.1 Å². The van der Waals surface area contributed by atoms with Gasteiger partial charge >= 0.3 is 11.9 Å². The Kier molecular flexibility index (Phi) is 8.75. The first-order valence-corrected chi connectivity index (χ1v) is 12.1. The van der Waals surface area contributed by atoms with E-state index in [1.807, 2.05) is 0 Å². The third-order valence-electron chi connectivity index (χ3n) is 5.02. The van der Waals surface area contributed by atoms with Gasteiger partial charge in [-0.05, 0) is 24.3 Å². The molecule has 1 fully saturated rings. The zero-order valence-corrected chi connectivity index (χ0v) is 19.7. The molecule has 184 valence electrons. The van der Waals surface area contributed by atoms with Gasteiger partial charge in [0, 0.05) is 14.2 Å². The van der Waals surface area contributed by atoms with Gasteiger partial charge in [-0.2, -0.15) is 8.42 Å². The number of hydrogen-bond donors (Lipinski definition) is 0. The molecule has 0 aromatic heterocycles. The van der Waals surface area contributed by atoms with Crippen LogP contribution in [0.5, 0.6) is 0 Å². The molecule has 1 aliphatic rings. The summed E-state index contributed by atoms with van der Waals surface area (Å²) in [7, 11) is -1.36. The quantitative estimate of drug-likeness (QED) is 0.376. The monoisotopic (exact) mass is 494 g/mol. The average Bonchev–Trinajstić information content (AvgIpc) is 2.83. The van der Waals surface area contributed by atoms with Crippen LogP contribution in [0.2, 0.25) is 0 Å². The van der Waals surface area contributed by atoms with Gasteiger partial charge in [-0.15, -0.1) is 0 Å². The van der Waals surface area contributed by atoms with E-state index in [2.05, 4.69) is 0 Å². The molecule has 0 saturated carbocycles. The summed E-state index contributed by atoms with van der Waals surface area (Å²) in [5, 5.41) is 0. The van der Waals surface area contributed by atoms with Gasteiger partial charge in [0.1, 0.15) is 18.8 Å². The lowest BCUT2D eigenvalue weighted by Crippen LogP contribution is -2.62. The van der Waals surface area contributed by atoms with Gasteiger partial charge in [0.25, 0.3) is 10.1 Å². The molecule has 10 nitrogen and oxygen atoms in total. The fourth-order valence-corrected chi connectivity index (χ4v) is 4.10. The molecule has 0 bridgehead atoms. The number of carbonyl (C=O) groups is 2. The Balaban J connectivity index is 1.87. The maximum absolute atomic E-state index is 12.8. The Morgan fingerprint density at radius 2 is 1.38 bits per heavy atom. The molecular weight excluding hydrogens is 468 g/mol. The summed E-state index contributed by atoms with van der Waals surface area (Å²) in [6, 6.07) is 16.5. The zero-order chi connectivity index (χ0) is 24.7. The van der Waals surface area contributed by atoms with Crippen LogP contribution in [0.15, 0.2) is 60.7 Å². The molecule has 0 amide bonds. The second-order valence-corrected chi connectivity index (χ2v) is 9.05. The number of methoxy groups -OCH3 is 2. The maximum Gasteiger partial charge on any atom is 0.338 e. The molecule has 1 heterocycles. The lowest BCUT2D eigenvalue weighted by atomic mass is 9.98. The summed E-state index contributed by atoms with van der Waals surface area (Å²) < 4.78 is 56.5. The highest BCUT2D eigenvalue weighted by Gasteiger charge is 2.51. The first-order chi connectivity index (χ1) is 16.2. The van der Waals surface area contributed by atoms with E-state index in [0.717, 1.165) is 6.26 Å². The van der Waals surface area contributed by atoms with Crippen molar-refractivity contribution in [3.63, 3.8) is 0 Å². The van der Waals surface area contributed by atoms with Crippen molar-refractivity contribution in [1.29, 1.82) is 0 Å². The lowest BCUT2D eigenvalue weighted by molar-refractivity contribution is -0.290. The zero-order valence-electron chi connectivity index (χ0n) is 18.9. The van der Waals surface area contributed by atoms with Crippen molar-refractivity contribution in [2.45, 2.75) is 30.7 Å².